The molecule has 3 N–H and O–H groups in total. The molecule has 1 fully saturated rings. The number of hydrogen-bond acceptors (Lipinski definition) is 3. The topological polar surface area (TPSA) is 64.3 Å². The van der Waals surface area contributed by atoms with Crippen LogP contribution in [0.2, 0.25) is 0 Å². The summed E-state index contributed by atoms with van der Waals surface area (Å²) in [5.74, 6) is 0.813. The van der Waals surface area contributed by atoms with Gasteiger partial charge in [-0.3, -0.25) is 4.79 Å². The number of hydrogen-bond donors (Lipinski definition) is 2. The highest BCUT2D eigenvalue weighted by atomic mass is 35.5. The molecule has 2 rings (SSSR count). The summed E-state index contributed by atoms with van der Waals surface area (Å²) in [6.07, 6.45) is 4.98. The molecular weight excluding hydrogens is 300 g/mol. The quantitative estimate of drug-likeness (QED) is 0.721. The first-order valence-corrected chi connectivity index (χ1v) is 7.84. The second-order valence-corrected chi connectivity index (χ2v) is 6.01. The summed E-state index contributed by atoms with van der Waals surface area (Å²) in [6, 6.07) is 6.08. The van der Waals surface area contributed by atoms with E-state index >= 15 is 0 Å². The summed E-state index contributed by atoms with van der Waals surface area (Å²) in [7, 11) is 0. The van der Waals surface area contributed by atoms with Crippen LogP contribution >= 0.6 is 12.4 Å². The number of ether oxygens (including phenoxy) is 1. The van der Waals surface area contributed by atoms with Crippen LogP contribution in [0.4, 0.5) is 0 Å². The molecule has 0 spiro atoms. The van der Waals surface area contributed by atoms with Crippen LogP contribution in [0, 0.1) is 6.92 Å². The molecule has 0 atom stereocenters. The van der Waals surface area contributed by atoms with E-state index in [1.165, 1.54) is 12.8 Å². The number of halogens is 1. The second-order valence-electron chi connectivity index (χ2n) is 6.01. The first-order valence-electron chi connectivity index (χ1n) is 7.84. The monoisotopic (exact) mass is 326 g/mol. The van der Waals surface area contributed by atoms with E-state index in [-0.39, 0.29) is 18.3 Å². The van der Waals surface area contributed by atoms with Gasteiger partial charge in [-0.2, -0.15) is 0 Å². The van der Waals surface area contributed by atoms with Gasteiger partial charge in [0.15, 0.2) is 0 Å². The van der Waals surface area contributed by atoms with E-state index < -0.39 is 5.54 Å². The molecule has 1 aromatic carbocycles. The summed E-state index contributed by atoms with van der Waals surface area (Å²) < 4.78 is 5.87. The maximum Gasteiger partial charge on any atom is 0.240 e. The van der Waals surface area contributed by atoms with Gasteiger partial charge in [0.1, 0.15) is 5.75 Å². The number of amides is 1. The Balaban J connectivity index is 0.00000242. The van der Waals surface area contributed by atoms with E-state index in [1.807, 2.05) is 25.1 Å². The highest BCUT2D eigenvalue weighted by molar-refractivity contribution is 5.88. The molecule has 1 aliphatic carbocycles. The summed E-state index contributed by atoms with van der Waals surface area (Å²) in [4.78, 5) is 11.9. The van der Waals surface area contributed by atoms with E-state index in [1.54, 1.807) is 0 Å². The Morgan fingerprint density at radius 1 is 1.36 bits per heavy atom. The maximum absolute atomic E-state index is 11.9. The van der Waals surface area contributed by atoms with E-state index in [0.29, 0.717) is 6.54 Å². The number of carbonyl (C=O) groups is 1. The Hall–Kier alpha value is -1.26. The third-order valence-corrected chi connectivity index (χ3v) is 3.91. The van der Waals surface area contributed by atoms with Crippen LogP contribution in [-0.4, -0.2) is 18.1 Å². The summed E-state index contributed by atoms with van der Waals surface area (Å²) >= 11 is 0. The first kappa shape index (κ1) is 18.8. The molecule has 1 aliphatic rings. The highest BCUT2D eigenvalue weighted by Gasteiger charge is 2.45. The molecule has 0 heterocycles. The molecule has 22 heavy (non-hydrogen) atoms. The van der Waals surface area contributed by atoms with Crippen molar-refractivity contribution in [2.24, 2.45) is 5.73 Å². The predicted octanol–water partition coefficient (Wildman–Crippen LogP) is 3.09. The molecule has 0 bridgehead atoms. The van der Waals surface area contributed by atoms with Crippen molar-refractivity contribution in [2.75, 3.05) is 6.61 Å². The molecule has 1 aromatic rings. The smallest absolute Gasteiger partial charge is 0.240 e. The SMILES string of the molecule is CCCCCOc1cc(C)ccc1CNC(=O)C1(N)CC1.Cl. The Morgan fingerprint density at radius 3 is 2.73 bits per heavy atom. The summed E-state index contributed by atoms with van der Waals surface area (Å²) in [5, 5.41) is 2.92. The van der Waals surface area contributed by atoms with Gasteiger partial charge in [-0.25, -0.2) is 0 Å². The molecular formula is C17H27ClN2O2. The standard InChI is InChI=1S/C17H26N2O2.ClH/c1-3-4-5-10-21-15-11-13(2)6-7-14(15)12-19-16(20)17(18)8-9-17;/h6-7,11H,3-5,8-10,12,18H2,1-2H3,(H,19,20);1H. The molecule has 4 nitrogen and oxygen atoms in total. The van der Waals surface area contributed by atoms with Crippen LogP contribution in [0.15, 0.2) is 18.2 Å². The van der Waals surface area contributed by atoms with Gasteiger partial charge in [-0.1, -0.05) is 31.9 Å². The number of aryl methyl sites for hydroxylation is 1. The lowest BCUT2D eigenvalue weighted by Gasteiger charge is -2.14. The number of nitrogens with two attached hydrogens (primary N) is 1. The summed E-state index contributed by atoms with van der Waals surface area (Å²) in [6.45, 7) is 5.41. The van der Waals surface area contributed by atoms with Crippen LogP contribution in [-0.2, 0) is 11.3 Å². The molecule has 0 radical (unpaired) electrons. The van der Waals surface area contributed by atoms with Crippen molar-refractivity contribution in [2.45, 2.75) is 58.0 Å². The van der Waals surface area contributed by atoms with Crippen LogP contribution in [0.5, 0.6) is 5.75 Å². The van der Waals surface area contributed by atoms with Crippen LogP contribution < -0.4 is 15.8 Å². The Morgan fingerprint density at radius 2 is 2.09 bits per heavy atom. The number of rotatable bonds is 8. The zero-order valence-electron chi connectivity index (χ0n) is 13.5. The van der Waals surface area contributed by atoms with Crippen molar-refractivity contribution in [3.8, 4) is 5.75 Å². The Bertz CT molecular complexity index is 501. The van der Waals surface area contributed by atoms with Crippen molar-refractivity contribution in [1.29, 1.82) is 0 Å². The van der Waals surface area contributed by atoms with Crippen molar-refractivity contribution in [1.82, 2.24) is 5.32 Å². The molecule has 0 unspecified atom stereocenters. The molecule has 1 saturated carbocycles. The van der Waals surface area contributed by atoms with Gasteiger partial charge in [-0.15, -0.1) is 12.4 Å². The highest BCUT2D eigenvalue weighted by Crippen LogP contribution is 2.32. The third kappa shape index (κ3) is 5.18. The average molecular weight is 327 g/mol. The normalized spacial score (nSPS) is 14.9. The van der Waals surface area contributed by atoms with E-state index in [4.69, 9.17) is 10.5 Å². The number of nitrogens with one attached hydrogen (secondary N) is 1. The summed E-state index contributed by atoms with van der Waals surface area (Å²) in [5.41, 5.74) is 7.44. The minimum Gasteiger partial charge on any atom is -0.493 e. The van der Waals surface area contributed by atoms with Crippen molar-refractivity contribution >= 4 is 18.3 Å². The van der Waals surface area contributed by atoms with Gasteiger partial charge in [-0.05, 0) is 37.8 Å². The van der Waals surface area contributed by atoms with E-state index in [9.17, 15) is 4.79 Å². The predicted molar refractivity (Wildman–Crippen MR) is 91.4 cm³/mol. The Kier molecular flexibility index (Phi) is 7.17. The zero-order chi connectivity index (χ0) is 15.3. The van der Waals surface area contributed by atoms with Crippen LogP contribution in [0.1, 0.15) is 50.2 Å². The van der Waals surface area contributed by atoms with Gasteiger partial charge >= 0.3 is 0 Å². The van der Waals surface area contributed by atoms with Crippen molar-refractivity contribution in [3.05, 3.63) is 29.3 Å². The largest absolute Gasteiger partial charge is 0.493 e. The van der Waals surface area contributed by atoms with Gasteiger partial charge < -0.3 is 15.8 Å². The molecule has 124 valence electrons. The fourth-order valence-corrected chi connectivity index (χ4v) is 2.19. The van der Waals surface area contributed by atoms with E-state index in [2.05, 4.69) is 12.2 Å². The van der Waals surface area contributed by atoms with E-state index in [0.717, 1.165) is 42.7 Å². The van der Waals surface area contributed by atoms with Crippen molar-refractivity contribution in [3.63, 3.8) is 0 Å². The number of benzene rings is 1. The lowest BCUT2D eigenvalue weighted by Crippen LogP contribution is -2.42. The Labute approximate surface area is 139 Å². The minimum atomic E-state index is -0.618. The fourth-order valence-electron chi connectivity index (χ4n) is 2.19. The lowest BCUT2D eigenvalue weighted by atomic mass is 10.1. The zero-order valence-corrected chi connectivity index (χ0v) is 14.3. The van der Waals surface area contributed by atoms with Gasteiger partial charge in [0.05, 0.1) is 12.1 Å². The molecule has 1 amide bonds. The minimum absolute atomic E-state index is 0. The van der Waals surface area contributed by atoms with Crippen LogP contribution in [0.25, 0.3) is 0 Å². The maximum atomic E-state index is 11.9. The molecule has 0 aromatic heterocycles. The van der Waals surface area contributed by atoms with Crippen molar-refractivity contribution < 1.29 is 9.53 Å². The molecule has 5 heteroatoms. The average Bonchev–Trinajstić information content (AvgIpc) is 3.21. The first-order chi connectivity index (χ1) is 10.0. The molecule has 0 aliphatic heterocycles. The lowest BCUT2D eigenvalue weighted by molar-refractivity contribution is -0.123. The number of carbonyl (C=O) groups excluding carboxylic acids is 1. The third-order valence-electron chi connectivity index (χ3n) is 3.91. The second kappa shape index (κ2) is 8.39. The van der Waals surface area contributed by atoms with Gasteiger partial charge in [0, 0.05) is 12.1 Å². The fraction of sp³-hybridized carbons (Fsp3) is 0.588. The van der Waals surface area contributed by atoms with Crippen LogP contribution in [0.3, 0.4) is 0 Å². The van der Waals surface area contributed by atoms with Gasteiger partial charge in [0.25, 0.3) is 0 Å². The number of unbranched alkanes of at least 4 members (excludes halogenated alkanes) is 2. The molecule has 0 saturated heterocycles. The van der Waals surface area contributed by atoms with Gasteiger partial charge in [0.2, 0.25) is 5.91 Å².